The van der Waals surface area contributed by atoms with Crippen LogP contribution in [0.4, 0.5) is 0 Å². The SMILES string of the molecule is CC1(C(=O)O)CC(N2CCCCC2C2CCNC2)C1. The highest BCUT2D eigenvalue weighted by Crippen LogP contribution is 2.46. The molecule has 1 saturated carbocycles. The van der Waals surface area contributed by atoms with Crippen LogP contribution >= 0.6 is 0 Å². The molecule has 0 radical (unpaired) electrons. The summed E-state index contributed by atoms with van der Waals surface area (Å²) in [5.74, 6) is 0.178. The number of hydrogen-bond donors (Lipinski definition) is 2. The molecule has 0 aromatic rings. The smallest absolute Gasteiger partial charge is 0.309 e. The van der Waals surface area contributed by atoms with Crippen LogP contribution in [0.1, 0.15) is 45.4 Å². The van der Waals surface area contributed by atoms with Crippen LogP contribution < -0.4 is 5.32 Å². The molecule has 3 rings (SSSR count). The molecule has 3 aliphatic rings. The summed E-state index contributed by atoms with van der Waals surface area (Å²) in [6, 6.07) is 1.22. The minimum atomic E-state index is -0.611. The van der Waals surface area contributed by atoms with Crippen molar-refractivity contribution in [1.82, 2.24) is 10.2 Å². The Labute approximate surface area is 115 Å². The zero-order chi connectivity index (χ0) is 13.5. The summed E-state index contributed by atoms with van der Waals surface area (Å²) in [6.45, 7) is 5.40. The van der Waals surface area contributed by atoms with Crippen LogP contribution in [-0.2, 0) is 4.79 Å². The third kappa shape index (κ3) is 2.40. The number of hydrogen-bond acceptors (Lipinski definition) is 3. The van der Waals surface area contributed by atoms with E-state index in [4.69, 9.17) is 0 Å². The Morgan fingerprint density at radius 2 is 2.11 bits per heavy atom. The molecule has 2 heterocycles. The number of carboxylic acids is 1. The van der Waals surface area contributed by atoms with Gasteiger partial charge >= 0.3 is 5.97 Å². The summed E-state index contributed by atoms with van der Waals surface area (Å²) < 4.78 is 0. The molecule has 0 aromatic carbocycles. The topological polar surface area (TPSA) is 52.6 Å². The second-order valence-electron chi connectivity index (χ2n) is 6.98. The van der Waals surface area contributed by atoms with Crippen molar-refractivity contribution >= 4 is 5.97 Å². The second-order valence-corrected chi connectivity index (χ2v) is 6.98. The van der Waals surface area contributed by atoms with E-state index in [2.05, 4.69) is 10.2 Å². The van der Waals surface area contributed by atoms with Gasteiger partial charge < -0.3 is 10.4 Å². The Kier molecular flexibility index (Phi) is 3.56. The van der Waals surface area contributed by atoms with Gasteiger partial charge in [0.25, 0.3) is 0 Å². The molecule has 2 aliphatic heterocycles. The first-order valence-electron chi connectivity index (χ1n) is 7.80. The fourth-order valence-corrected chi connectivity index (χ4v) is 4.33. The minimum Gasteiger partial charge on any atom is -0.481 e. The monoisotopic (exact) mass is 266 g/mol. The summed E-state index contributed by atoms with van der Waals surface area (Å²) in [4.78, 5) is 13.9. The zero-order valence-corrected chi connectivity index (χ0v) is 11.9. The zero-order valence-electron chi connectivity index (χ0n) is 11.9. The molecule has 0 bridgehead atoms. The molecule has 4 heteroatoms. The van der Waals surface area contributed by atoms with E-state index < -0.39 is 11.4 Å². The maximum Gasteiger partial charge on any atom is 0.309 e. The lowest BCUT2D eigenvalue weighted by Gasteiger charge is -2.52. The second kappa shape index (κ2) is 5.06. The van der Waals surface area contributed by atoms with E-state index in [0.717, 1.165) is 31.8 Å². The van der Waals surface area contributed by atoms with Crippen LogP contribution in [0.2, 0.25) is 0 Å². The van der Waals surface area contributed by atoms with E-state index in [1.807, 2.05) is 6.92 Å². The van der Waals surface area contributed by atoms with Crippen molar-refractivity contribution in [2.45, 2.75) is 57.5 Å². The fraction of sp³-hybridized carbons (Fsp3) is 0.933. The van der Waals surface area contributed by atoms with Crippen molar-refractivity contribution in [3.63, 3.8) is 0 Å². The van der Waals surface area contributed by atoms with Crippen molar-refractivity contribution in [3.05, 3.63) is 0 Å². The third-order valence-corrected chi connectivity index (χ3v) is 5.59. The van der Waals surface area contributed by atoms with Gasteiger partial charge in [-0.2, -0.15) is 0 Å². The molecular weight excluding hydrogens is 240 g/mol. The third-order valence-electron chi connectivity index (χ3n) is 5.59. The van der Waals surface area contributed by atoms with Crippen LogP contribution in [0.3, 0.4) is 0 Å². The van der Waals surface area contributed by atoms with E-state index in [9.17, 15) is 9.90 Å². The lowest BCUT2D eigenvalue weighted by molar-refractivity contribution is -0.159. The average Bonchev–Trinajstić information content (AvgIpc) is 2.88. The van der Waals surface area contributed by atoms with Crippen LogP contribution in [0.15, 0.2) is 0 Å². The minimum absolute atomic E-state index is 0.458. The number of piperidine rings is 1. The Morgan fingerprint density at radius 3 is 2.74 bits per heavy atom. The van der Waals surface area contributed by atoms with Crippen LogP contribution in [0.25, 0.3) is 0 Å². The molecule has 19 heavy (non-hydrogen) atoms. The van der Waals surface area contributed by atoms with Crippen LogP contribution in [-0.4, -0.2) is 47.7 Å². The standard InChI is InChI=1S/C15H26N2O2/c1-15(14(18)19)8-12(9-15)17-7-3-2-4-13(17)11-5-6-16-10-11/h11-13,16H,2-10H2,1H3,(H,18,19). The van der Waals surface area contributed by atoms with Gasteiger partial charge in [0.05, 0.1) is 5.41 Å². The number of carboxylic acid groups (broad SMARTS) is 1. The van der Waals surface area contributed by atoms with Gasteiger partial charge in [0.2, 0.25) is 0 Å². The van der Waals surface area contributed by atoms with E-state index in [0.29, 0.717) is 12.1 Å². The van der Waals surface area contributed by atoms with Crippen molar-refractivity contribution in [2.75, 3.05) is 19.6 Å². The number of nitrogens with one attached hydrogen (secondary N) is 1. The van der Waals surface area contributed by atoms with E-state index >= 15 is 0 Å². The van der Waals surface area contributed by atoms with Gasteiger partial charge in [-0.1, -0.05) is 6.42 Å². The lowest BCUT2D eigenvalue weighted by atomic mass is 9.65. The van der Waals surface area contributed by atoms with Crippen molar-refractivity contribution in [1.29, 1.82) is 0 Å². The van der Waals surface area contributed by atoms with E-state index in [1.54, 1.807) is 0 Å². The predicted octanol–water partition coefficient (Wildman–Crippen LogP) is 1.70. The van der Waals surface area contributed by atoms with E-state index in [-0.39, 0.29) is 0 Å². The molecule has 2 N–H and O–H groups in total. The molecule has 2 saturated heterocycles. The first kappa shape index (κ1) is 13.4. The van der Waals surface area contributed by atoms with Gasteiger partial charge in [-0.05, 0) is 64.6 Å². The maximum atomic E-state index is 11.2. The maximum absolute atomic E-state index is 11.2. The van der Waals surface area contributed by atoms with Crippen molar-refractivity contribution in [3.8, 4) is 0 Å². The normalized spacial score (nSPS) is 43.9. The van der Waals surface area contributed by atoms with Gasteiger partial charge in [0.1, 0.15) is 0 Å². The average molecular weight is 266 g/mol. The molecule has 2 atom stereocenters. The summed E-state index contributed by atoms with van der Waals surface area (Å²) in [7, 11) is 0. The number of aliphatic carboxylic acids is 1. The van der Waals surface area contributed by atoms with Crippen LogP contribution in [0.5, 0.6) is 0 Å². The molecule has 0 amide bonds. The summed E-state index contributed by atoms with van der Waals surface area (Å²) in [5.41, 5.74) is -0.458. The Morgan fingerprint density at radius 1 is 1.32 bits per heavy atom. The first-order valence-corrected chi connectivity index (χ1v) is 7.80. The highest BCUT2D eigenvalue weighted by molar-refractivity contribution is 5.75. The van der Waals surface area contributed by atoms with E-state index in [1.165, 1.54) is 32.2 Å². The molecule has 4 nitrogen and oxygen atoms in total. The summed E-state index contributed by atoms with van der Waals surface area (Å²) in [6.07, 6.45) is 6.94. The lowest BCUT2D eigenvalue weighted by Crippen LogP contribution is -2.58. The number of carbonyl (C=O) groups is 1. The van der Waals surface area contributed by atoms with Gasteiger partial charge in [0.15, 0.2) is 0 Å². The fourth-order valence-electron chi connectivity index (χ4n) is 4.33. The molecule has 3 fully saturated rings. The molecular formula is C15H26N2O2. The van der Waals surface area contributed by atoms with Crippen molar-refractivity contribution in [2.24, 2.45) is 11.3 Å². The summed E-state index contributed by atoms with van der Waals surface area (Å²) in [5, 5.41) is 12.7. The molecule has 0 aromatic heterocycles. The van der Waals surface area contributed by atoms with Crippen LogP contribution in [0, 0.1) is 11.3 Å². The van der Waals surface area contributed by atoms with Gasteiger partial charge in [0, 0.05) is 12.1 Å². The highest BCUT2D eigenvalue weighted by atomic mass is 16.4. The first-order chi connectivity index (χ1) is 9.10. The Balaban J connectivity index is 1.64. The molecule has 2 unspecified atom stereocenters. The Bertz CT molecular complexity index is 346. The van der Waals surface area contributed by atoms with Gasteiger partial charge in [-0.15, -0.1) is 0 Å². The Hall–Kier alpha value is -0.610. The largest absolute Gasteiger partial charge is 0.481 e. The number of nitrogens with zero attached hydrogens (tertiary/aromatic N) is 1. The molecule has 1 aliphatic carbocycles. The molecule has 0 spiro atoms. The molecule has 108 valence electrons. The van der Waals surface area contributed by atoms with Gasteiger partial charge in [-0.25, -0.2) is 0 Å². The summed E-state index contributed by atoms with van der Waals surface area (Å²) >= 11 is 0. The van der Waals surface area contributed by atoms with Crippen molar-refractivity contribution < 1.29 is 9.90 Å². The predicted molar refractivity (Wildman–Crippen MR) is 74.1 cm³/mol. The highest BCUT2D eigenvalue weighted by Gasteiger charge is 2.50. The number of rotatable bonds is 3. The number of likely N-dealkylation sites (tertiary alicyclic amines) is 1. The quantitative estimate of drug-likeness (QED) is 0.816. The van der Waals surface area contributed by atoms with Gasteiger partial charge in [-0.3, -0.25) is 9.69 Å².